The predicted molar refractivity (Wildman–Crippen MR) is 105 cm³/mol. The van der Waals surface area contributed by atoms with Crippen LogP contribution in [0.3, 0.4) is 0 Å². The van der Waals surface area contributed by atoms with Gasteiger partial charge in [0.15, 0.2) is 0 Å². The molecule has 0 saturated carbocycles. The van der Waals surface area contributed by atoms with Crippen LogP contribution < -0.4 is 0 Å². The van der Waals surface area contributed by atoms with Gasteiger partial charge in [-0.15, -0.1) is 11.3 Å². The number of imide groups is 1. The summed E-state index contributed by atoms with van der Waals surface area (Å²) in [5, 5.41) is 2.57. The van der Waals surface area contributed by atoms with Gasteiger partial charge in [0.1, 0.15) is 0 Å². The normalized spacial score (nSPS) is 14.7. The van der Waals surface area contributed by atoms with E-state index in [1.807, 2.05) is 29.6 Å². The van der Waals surface area contributed by atoms with Crippen LogP contribution in [0.1, 0.15) is 31.1 Å². The van der Waals surface area contributed by atoms with Crippen LogP contribution in [0.5, 0.6) is 0 Å². The predicted octanol–water partition coefficient (Wildman–Crippen LogP) is 5.46. The van der Waals surface area contributed by atoms with Gasteiger partial charge in [0.05, 0.1) is 10.5 Å². The molecule has 2 amide bonds. The zero-order valence-corrected chi connectivity index (χ0v) is 16.2. The molecule has 3 nitrogen and oxygen atoms in total. The monoisotopic (exact) mass is 391 g/mol. The number of thiophene rings is 1. The number of halogens is 1. The molecule has 2 heterocycles. The third-order valence-corrected chi connectivity index (χ3v) is 6.14. The van der Waals surface area contributed by atoms with Crippen molar-refractivity contribution in [1.82, 2.24) is 4.90 Å². The standard InChI is InChI=1S/C19H18ClNO2S2/c1-2-3-4-11-21-18(22)16(15-6-5-12-24-15)17(19(21)23)25-14-9-7-13(20)8-10-14/h5-10,12H,2-4,11H2,1H3. The van der Waals surface area contributed by atoms with Crippen LogP contribution in [0.2, 0.25) is 5.02 Å². The van der Waals surface area contributed by atoms with Crippen molar-refractivity contribution >= 4 is 52.1 Å². The molecule has 25 heavy (non-hydrogen) atoms. The third-order valence-electron chi connectivity index (χ3n) is 3.91. The number of nitrogens with zero attached hydrogens (tertiary/aromatic N) is 1. The molecule has 0 aliphatic carbocycles. The quantitative estimate of drug-likeness (QED) is 0.464. The highest BCUT2D eigenvalue weighted by atomic mass is 35.5. The van der Waals surface area contributed by atoms with E-state index in [0.29, 0.717) is 22.0 Å². The van der Waals surface area contributed by atoms with Crippen LogP contribution in [-0.2, 0) is 9.59 Å². The molecular formula is C19H18ClNO2S2. The zero-order chi connectivity index (χ0) is 17.8. The number of rotatable bonds is 7. The molecule has 1 aromatic heterocycles. The topological polar surface area (TPSA) is 37.4 Å². The van der Waals surface area contributed by atoms with Crippen LogP contribution in [-0.4, -0.2) is 23.3 Å². The van der Waals surface area contributed by atoms with Crippen LogP contribution in [0, 0.1) is 0 Å². The Labute approximate surface area is 160 Å². The van der Waals surface area contributed by atoms with Crippen LogP contribution in [0.4, 0.5) is 0 Å². The Hall–Kier alpha value is -1.56. The summed E-state index contributed by atoms with van der Waals surface area (Å²) in [6.07, 6.45) is 2.89. The number of benzene rings is 1. The molecule has 0 N–H and O–H groups in total. The minimum absolute atomic E-state index is 0.181. The first kappa shape index (κ1) is 18.2. The van der Waals surface area contributed by atoms with Crippen molar-refractivity contribution in [3.63, 3.8) is 0 Å². The molecule has 3 rings (SSSR count). The molecule has 6 heteroatoms. The lowest BCUT2D eigenvalue weighted by molar-refractivity contribution is -0.136. The Balaban J connectivity index is 1.92. The number of carbonyl (C=O) groups is 2. The Morgan fingerprint density at radius 1 is 1.08 bits per heavy atom. The molecule has 130 valence electrons. The highest BCUT2D eigenvalue weighted by Gasteiger charge is 2.39. The second-order valence-electron chi connectivity index (χ2n) is 5.71. The highest BCUT2D eigenvalue weighted by molar-refractivity contribution is 8.04. The third kappa shape index (κ3) is 4.00. The number of carbonyl (C=O) groups excluding carboxylic acids is 2. The zero-order valence-electron chi connectivity index (χ0n) is 13.8. The Morgan fingerprint density at radius 3 is 2.48 bits per heavy atom. The summed E-state index contributed by atoms with van der Waals surface area (Å²) in [6.45, 7) is 2.58. The molecule has 0 radical (unpaired) electrons. The fourth-order valence-corrected chi connectivity index (χ4v) is 4.59. The maximum atomic E-state index is 12.9. The molecule has 1 aliphatic heterocycles. The molecule has 0 fully saturated rings. The Bertz CT molecular complexity index is 797. The highest BCUT2D eigenvalue weighted by Crippen LogP contribution is 2.41. The lowest BCUT2D eigenvalue weighted by Gasteiger charge is -2.14. The first-order valence-corrected chi connectivity index (χ1v) is 10.3. The SMILES string of the molecule is CCCCCN1C(=O)C(Sc2ccc(Cl)cc2)=C(c2cccs2)C1=O. The van der Waals surface area contributed by atoms with Crippen molar-refractivity contribution in [2.75, 3.05) is 6.54 Å². The maximum Gasteiger partial charge on any atom is 0.268 e. The summed E-state index contributed by atoms with van der Waals surface area (Å²) < 4.78 is 0. The second kappa shape index (κ2) is 8.21. The van der Waals surface area contributed by atoms with Gasteiger partial charge in [-0.1, -0.05) is 49.2 Å². The number of hydrogen-bond donors (Lipinski definition) is 0. The molecule has 0 spiro atoms. The summed E-state index contributed by atoms with van der Waals surface area (Å²) >= 11 is 8.75. The van der Waals surface area contributed by atoms with E-state index in [-0.39, 0.29) is 11.8 Å². The number of thioether (sulfide) groups is 1. The maximum absolute atomic E-state index is 12.9. The van der Waals surface area contributed by atoms with Crippen LogP contribution in [0.25, 0.3) is 5.57 Å². The van der Waals surface area contributed by atoms with Gasteiger partial charge in [-0.05, 0) is 42.1 Å². The van der Waals surface area contributed by atoms with E-state index in [1.54, 1.807) is 12.1 Å². The molecule has 1 aliphatic rings. The van der Waals surface area contributed by atoms with E-state index in [0.717, 1.165) is 29.0 Å². The van der Waals surface area contributed by atoms with Gasteiger partial charge in [-0.3, -0.25) is 14.5 Å². The van der Waals surface area contributed by atoms with E-state index < -0.39 is 0 Å². The average Bonchev–Trinajstić information content (AvgIpc) is 3.20. The summed E-state index contributed by atoms with van der Waals surface area (Å²) in [6, 6.07) is 11.1. The van der Waals surface area contributed by atoms with E-state index in [9.17, 15) is 9.59 Å². The fourth-order valence-electron chi connectivity index (χ4n) is 2.63. The van der Waals surface area contributed by atoms with Crippen LogP contribution in [0.15, 0.2) is 51.6 Å². The van der Waals surface area contributed by atoms with Gasteiger partial charge in [-0.25, -0.2) is 0 Å². The lowest BCUT2D eigenvalue weighted by atomic mass is 10.2. The average molecular weight is 392 g/mol. The van der Waals surface area contributed by atoms with Gasteiger partial charge in [0.2, 0.25) is 0 Å². The lowest BCUT2D eigenvalue weighted by Crippen LogP contribution is -2.32. The van der Waals surface area contributed by atoms with E-state index in [1.165, 1.54) is 28.0 Å². The molecular weight excluding hydrogens is 374 g/mol. The summed E-state index contributed by atoms with van der Waals surface area (Å²) in [5.74, 6) is -0.371. The van der Waals surface area contributed by atoms with Crippen molar-refractivity contribution in [2.45, 2.75) is 31.1 Å². The van der Waals surface area contributed by atoms with E-state index >= 15 is 0 Å². The molecule has 0 saturated heterocycles. The Kier molecular flexibility index (Phi) is 5.99. The first-order chi connectivity index (χ1) is 12.1. The minimum atomic E-state index is -0.190. The second-order valence-corrected chi connectivity index (χ2v) is 8.17. The van der Waals surface area contributed by atoms with Crippen molar-refractivity contribution in [3.05, 3.63) is 56.6 Å². The van der Waals surface area contributed by atoms with Gasteiger partial charge in [-0.2, -0.15) is 0 Å². The first-order valence-electron chi connectivity index (χ1n) is 8.19. The van der Waals surface area contributed by atoms with Crippen LogP contribution >= 0.6 is 34.7 Å². The summed E-state index contributed by atoms with van der Waals surface area (Å²) in [4.78, 5) is 29.4. The van der Waals surface area contributed by atoms with Gasteiger partial charge in [0, 0.05) is 21.3 Å². The largest absolute Gasteiger partial charge is 0.274 e. The van der Waals surface area contributed by atoms with E-state index in [2.05, 4.69) is 6.92 Å². The Morgan fingerprint density at radius 2 is 1.84 bits per heavy atom. The van der Waals surface area contributed by atoms with Crippen molar-refractivity contribution in [2.24, 2.45) is 0 Å². The molecule has 2 aromatic rings. The number of amides is 2. The fraction of sp³-hybridized carbons (Fsp3) is 0.263. The summed E-state index contributed by atoms with van der Waals surface area (Å²) in [5.41, 5.74) is 0.524. The smallest absolute Gasteiger partial charge is 0.268 e. The molecule has 0 atom stereocenters. The van der Waals surface area contributed by atoms with Crippen molar-refractivity contribution < 1.29 is 9.59 Å². The van der Waals surface area contributed by atoms with E-state index in [4.69, 9.17) is 11.6 Å². The van der Waals surface area contributed by atoms with Gasteiger partial charge in [0.25, 0.3) is 11.8 Å². The number of unbranched alkanes of at least 4 members (excludes halogenated alkanes) is 2. The minimum Gasteiger partial charge on any atom is -0.274 e. The van der Waals surface area contributed by atoms with Crippen molar-refractivity contribution in [3.8, 4) is 0 Å². The molecule has 0 unspecified atom stereocenters. The van der Waals surface area contributed by atoms with Gasteiger partial charge >= 0.3 is 0 Å². The molecule has 1 aromatic carbocycles. The van der Waals surface area contributed by atoms with Crippen molar-refractivity contribution in [1.29, 1.82) is 0 Å². The summed E-state index contributed by atoms with van der Waals surface area (Å²) in [7, 11) is 0. The number of hydrogen-bond acceptors (Lipinski definition) is 4. The van der Waals surface area contributed by atoms with Gasteiger partial charge < -0.3 is 0 Å². The molecule has 0 bridgehead atoms.